The summed E-state index contributed by atoms with van der Waals surface area (Å²) in [5.74, 6) is 0.508. The normalized spacial score (nSPS) is 12.4. The number of ether oxygens (including phenoxy) is 2. The number of amides is 2. The molecule has 0 aliphatic rings. The highest BCUT2D eigenvalue weighted by molar-refractivity contribution is 6.29. The van der Waals surface area contributed by atoms with Crippen molar-refractivity contribution in [3.8, 4) is 5.75 Å². The van der Waals surface area contributed by atoms with Crippen LogP contribution in [0.15, 0.2) is 42.6 Å². The van der Waals surface area contributed by atoms with Crippen LogP contribution in [0.25, 0.3) is 16.6 Å². The number of benzene rings is 1. The van der Waals surface area contributed by atoms with E-state index in [0.29, 0.717) is 22.8 Å². The summed E-state index contributed by atoms with van der Waals surface area (Å²) in [6.45, 7) is 7.28. The fourth-order valence-corrected chi connectivity index (χ4v) is 3.74. The van der Waals surface area contributed by atoms with E-state index in [1.54, 1.807) is 39.8 Å². The zero-order chi connectivity index (χ0) is 26.9. The SMILES string of the molecule is CC(COc1cccc2ccc(N)nc12)NC(=O)c1cnc2c(N(C)C(=O)OC(C)(C)C)cc(Cl)nn12. The second kappa shape index (κ2) is 10.1. The first-order chi connectivity index (χ1) is 17.4. The van der Waals surface area contributed by atoms with Gasteiger partial charge >= 0.3 is 6.09 Å². The Balaban J connectivity index is 1.50. The maximum absolute atomic E-state index is 13.1. The van der Waals surface area contributed by atoms with Crippen LogP contribution in [0.1, 0.15) is 38.2 Å². The van der Waals surface area contributed by atoms with Gasteiger partial charge in [-0.3, -0.25) is 9.69 Å². The van der Waals surface area contributed by atoms with E-state index in [1.165, 1.54) is 28.7 Å². The Morgan fingerprint density at radius 2 is 2.00 bits per heavy atom. The maximum atomic E-state index is 13.1. The third-order valence-corrected chi connectivity index (χ3v) is 5.44. The molecule has 3 aromatic heterocycles. The molecule has 1 atom stereocenters. The van der Waals surface area contributed by atoms with Gasteiger partial charge < -0.3 is 20.5 Å². The lowest BCUT2D eigenvalue weighted by molar-refractivity contribution is 0.0589. The second-order valence-corrected chi connectivity index (χ2v) is 9.91. The number of imidazole rings is 1. The van der Waals surface area contributed by atoms with E-state index in [2.05, 4.69) is 20.4 Å². The van der Waals surface area contributed by atoms with Gasteiger partial charge in [0, 0.05) is 18.5 Å². The lowest BCUT2D eigenvalue weighted by Crippen LogP contribution is -2.37. The summed E-state index contributed by atoms with van der Waals surface area (Å²) in [6, 6.07) is 10.3. The minimum atomic E-state index is -0.689. The number of aromatic nitrogens is 4. The molecule has 2 amide bonds. The fraction of sp³-hybridized carbons (Fsp3) is 0.320. The first kappa shape index (κ1) is 26.0. The second-order valence-electron chi connectivity index (χ2n) is 9.52. The van der Waals surface area contributed by atoms with Gasteiger partial charge in [-0.05, 0) is 45.9 Å². The summed E-state index contributed by atoms with van der Waals surface area (Å²) >= 11 is 6.22. The summed E-state index contributed by atoms with van der Waals surface area (Å²) in [7, 11) is 1.53. The van der Waals surface area contributed by atoms with Gasteiger partial charge in [-0.25, -0.2) is 19.3 Å². The number of nitrogens with two attached hydrogens (primary N) is 1. The molecule has 0 bridgehead atoms. The standard InChI is InChI=1S/C25H28ClN7O4/c1-14(13-36-18-8-6-7-15-9-10-20(27)30-21(15)18)29-23(34)17-12-28-22-16(11-19(26)31-33(17)22)32(5)24(35)37-25(2,3)4/h6-12,14H,13H2,1-5H3,(H2,27,30)(H,29,34). The van der Waals surface area contributed by atoms with Gasteiger partial charge in [0.25, 0.3) is 5.91 Å². The molecule has 12 heteroatoms. The highest BCUT2D eigenvalue weighted by Crippen LogP contribution is 2.26. The Morgan fingerprint density at radius 1 is 1.24 bits per heavy atom. The zero-order valence-corrected chi connectivity index (χ0v) is 21.9. The molecule has 11 nitrogen and oxygen atoms in total. The van der Waals surface area contributed by atoms with Crippen molar-refractivity contribution in [3.63, 3.8) is 0 Å². The molecule has 0 spiro atoms. The number of nitrogen functional groups attached to an aromatic ring is 1. The van der Waals surface area contributed by atoms with Gasteiger partial charge in [0.05, 0.1) is 17.9 Å². The molecular weight excluding hydrogens is 498 g/mol. The van der Waals surface area contributed by atoms with Crippen molar-refractivity contribution < 1.29 is 19.1 Å². The van der Waals surface area contributed by atoms with Crippen LogP contribution in [0, 0.1) is 0 Å². The number of anilines is 2. The van der Waals surface area contributed by atoms with E-state index in [0.717, 1.165) is 5.39 Å². The number of halogens is 1. The van der Waals surface area contributed by atoms with Crippen LogP contribution in [-0.4, -0.2) is 56.9 Å². The Labute approximate surface area is 218 Å². The van der Waals surface area contributed by atoms with Crippen molar-refractivity contribution in [1.29, 1.82) is 0 Å². The van der Waals surface area contributed by atoms with Crippen LogP contribution < -0.4 is 20.7 Å². The maximum Gasteiger partial charge on any atom is 0.414 e. The molecule has 0 saturated heterocycles. The molecule has 4 rings (SSSR count). The fourth-order valence-electron chi connectivity index (χ4n) is 3.56. The van der Waals surface area contributed by atoms with Crippen molar-refractivity contribution in [3.05, 3.63) is 53.4 Å². The summed E-state index contributed by atoms with van der Waals surface area (Å²) in [4.78, 5) is 35.6. The van der Waals surface area contributed by atoms with E-state index < -0.39 is 17.6 Å². The predicted octanol–water partition coefficient (Wildman–Crippen LogP) is 4.08. The summed E-state index contributed by atoms with van der Waals surface area (Å²) < 4.78 is 12.6. The Morgan fingerprint density at radius 3 is 2.73 bits per heavy atom. The highest BCUT2D eigenvalue weighted by Gasteiger charge is 2.25. The number of carbonyl (C=O) groups is 2. The Bertz CT molecular complexity index is 1480. The van der Waals surface area contributed by atoms with Gasteiger partial charge in [0.1, 0.15) is 29.3 Å². The number of carbonyl (C=O) groups excluding carboxylic acids is 2. The van der Waals surface area contributed by atoms with Crippen molar-refractivity contribution in [2.75, 3.05) is 24.3 Å². The van der Waals surface area contributed by atoms with E-state index >= 15 is 0 Å². The minimum absolute atomic E-state index is 0.0732. The Hall–Kier alpha value is -4.12. The number of nitrogens with one attached hydrogen (secondary N) is 1. The molecule has 3 heterocycles. The number of hydrogen-bond donors (Lipinski definition) is 2. The average molecular weight is 526 g/mol. The van der Waals surface area contributed by atoms with Crippen LogP contribution in [-0.2, 0) is 4.74 Å². The first-order valence-electron chi connectivity index (χ1n) is 11.5. The lowest BCUT2D eigenvalue weighted by Gasteiger charge is -2.24. The Kier molecular flexibility index (Phi) is 7.08. The third-order valence-electron chi connectivity index (χ3n) is 5.25. The smallest absolute Gasteiger partial charge is 0.414 e. The van der Waals surface area contributed by atoms with Crippen molar-refractivity contribution >= 4 is 51.7 Å². The molecule has 37 heavy (non-hydrogen) atoms. The predicted molar refractivity (Wildman–Crippen MR) is 141 cm³/mol. The topological polar surface area (TPSA) is 137 Å². The molecule has 1 aromatic carbocycles. The van der Waals surface area contributed by atoms with Crippen molar-refractivity contribution in [2.45, 2.75) is 39.3 Å². The van der Waals surface area contributed by atoms with E-state index in [-0.39, 0.29) is 29.1 Å². The molecule has 4 aromatic rings. The van der Waals surface area contributed by atoms with Crippen LogP contribution in [0.3, 0.4) is 0 Å². The summed E-state index contributed by atoms with van der Waals surface area (Å²) in [5.41, 5.74) is 6.53. The van der Waals surface area contributed by atoms with E-state index in [4.69, 9.17) is 26.8 Å². The average Bonchev–Trinajstić information content (AvgIpc) is 3.24. The van der Waals surface area contributed by atoms with E-state index in [1.807, 2.05) is 18.2 Å². The molecule has 0 radical (unpaired) electrons. The first-order valence-corrected chi connectivity index (χ1v) is 11.9. The third kappa shape index (κ3) is 5.83. The van der Waals surface area contributed by atoms with Gasteiger partial charge in [-0.15, -0.1) is 0 Å². The number of para-hydroxylation sites is 1. The monoisotopic (exact) mass is 525 g/mol. The van der Waals surface area contributed by atoms with Crippen molar-refractivity contribution in [2.24, 2.45) is 0 Å². The van der Waals surface area contributed by atoms with Crippen LogP contribution >= 0.6 is 11.6 Å². The minimum Gasteiger partial charge on any atom is -0.489 e. The zero-order valence-electron chi connectivity index (χ0n) is 21.2. The summed E-state index contributed by atoms with van der Waals surface area (Å²) in [5, 5.41) is 8.04. The number of rotatable bonds is 6. The van der Waals surface area contributed by atoms with Gasteiger partial charge in [-0.1, -0.05) is 23.7 Å². The molecular formula is C25H28ClN7O4. The molecule has 0 fully saturated rings. The van der Waals surface area contributed by atoms with Gasteiger partial charge in [-0.2, -0.15) is 5.10 Å². The van der Waals surface area contributed by atoms with Crippen LogP contribution in [0.5, 0.6) is 5.75 Å². The molecule has 0 aliphatic heterocycles. The number of nitrogens with zero attached hydrogens (tertiary/aromatic N) is 5. The molecule has 194 valence electrons. The molecule has 0 saturated carbocycles. The highest BCUT2D eigenvalue weighted by atomic mass is 35.5. The lowest BCUT2D eigenvalue weighted by atomic mass is 10.2. The molecule has 1 unspecified atom stereocenters. The number of pyridine rings is 1. The number of hydrogen-bond acceptors (Lipinski definition) is 8. The quantitative estimate of drug-likeness (QED) is 0.384. The van der Waals surface area contributed by atoms with Crippen molar-refractivity contribution in [1.82, 2.24) is 24.9 Å². The van der Waals surface area contributed by atoms with Gasteiger partial charge in [0.2, 0.25) is 0 Å². The largest absolute Gasteiger partial charge is 0.489 e. The molecule has 3 N–H and O–H groups in total. The molecule has 0 aliphatic carbocycles. The van der Waals surface area contributed by atoms with Gasteiger partial charge in [0.15, 0.2) is 16.5 Å². The van der Waals surface area contributed by atoms with E-state index in [9.17, 15) is 9.59 Å². The van der Waals surface area contributed by atoms with Crippen LogP contribution in [0.2, 0.25) is 5.15 Å². The van der Waals surface area contributed by atoms with Crippen LogP contribution in [0.4, 0.5) is 16.3 Å². The number of fused-ring (bicyclic) bond motifs is 2. The summed E-state index contributed by atoms with van der Waals surface area (Å²) in [6.07, 6.45) is 0.770.